The van der Waals surface area contributed by atoms with Crippen LogP contribution in [-0.4, -0.2) is 55.5 Å². The lowest BCUT2D eigenvalue weighted by atomic mass is 9.77. The third-order valence-electron chi connectivity index (χ3n) is 11.7. The Bertz CT molecular complexity index is 2630. The van der Waals surface area contributed by atoms with Gasteiger partial charge in [-0.25, -0.2) is 15.0 Å². The van der Waals surface area contributed by atoms with E-state index < -0.39 is 5.60 Å². The number of morpholine rings is 1. The highest BCUT2D eigenvalue weighted by Crippen LogP contribution is 2.59. The van der Waals surface area contributed by atoms with E-state index in [1.54, 1.807) is 14.2 Å². The minimum atomic E-state index is -1.25. The minimum Gasteiger partial charge on any atom is -0.493 e. The fraction of sp³-hybridized carbons (Fsp3) is 0.204. The monoisotopic (exact) mass is 750 g/mol. The van der Waals surface area contributed by atoms with Crippen molar-refractivity contribution in [1.82, 2.24) is 15.0 Å². The number of nitrogens with zero attached hydrogens (tertiary/aromatic N) is 4. The Kier molecular flexibility index (Phi) is 8.34. The second kappa shape index (κ2) is 13.6. The summed E-state index contributed by atoms with van der Waals surface area (Å²) in [6.07, 6.45) is 4.37. The average molecular weight is 751 g/mol. The number of methoxy groups -OCH3 is 2. The summed E-state index contributed by atoms with van der Waals surface area (Å²) in [6.45, 7) is 7.68. The number of anilines is 1. The molecule has 2 aliphatic heterocycles. The molecule has 8 nitrogen and oxygen atoms in total. The van der Waals surface area contributed by atoms with Gasteiger partial charge in [-0.05, 0) is 58.0 Å². The molecule has 1 fully saturated rings. The standard InChI is InChI=1S/C49H42N4O4/c1-48(2)39-18-12-11-17-35(39)42-37-29-40(54-3)41(55-4)30-38(37)44-36(43(42)48)23-24-49(57-44,33-19-21-34(22-20-33)53-25-27-56-28-26-53)47-51-45(31-13-7-5-8-14-31)50-46(52-47)32-15-9-6-10-16-32/h5-24,29-30H,25-28H2,1-4H3. The molecule has 0 spiro atoms. The molecule has 0 radical (unpaired) electrons. The number of benzene rings is 6. The molecule has 1 saturated heterocycles. The SMILES string of the molecule is COc1cc2c3c(c4c(c2cc1OC)-c1ccccc1C4(C)C)C=CC(c1ccc(N2CCOCC2)cc1)(c1nc(-c2ccccc2)nc(-c2ccccc2)n1)O3. The maximum absolute atomic E-state index is 7.69. The van der Waals surface area contributed by atoms with E-state index in [0.29, 0.717) is 42.2 Å². The van der Waals surface area contributed by atoms with Crippen molar-refractivity contribution in [2.24, 2.45) is 0 Å². The van der Waals surface area contributed by atoms with Gasteiger partial charge in [-0.2, -0.15) is 0 Å². The quantitative estimate of drug-likeness (QED) is 0.159. The van der Waals surface area contributed by atoms with Crippen molar-refractivity contribution in [2.75, 3.05) is 45.4 Å². The van der Waals surface area contributed by atoms with Crippen LogP contribution in [0.3, 0.4) is 0 Å². The summed E-state index contributed by atoms with van der Waals surface area (Å²) in [4.78, 5) is 18.0. The lowest BCUT2D eigenvalue weighted by Gasteiger charge is -2.37. The van der Waals surface area contributed by atoms with Crippen molar-refractivity contribution in [3.05, 3.63) is 155 Å². The Morgan fingerprint density at radius 1 is 0.667 bits per heavy atom. The third-order valence-corrected chi connectivity index (χ3v) is 11.7. The van der Waals surface area contributed by atoms with Crippen LogP contribution >= 0.6 is 0 Å². The van der Waals surface area contributed by atoms with Crippen molar-refractivity contribution < 1.29 is 18.9 Å². The second-order valence-corrected chi connectivity index (χ2v) is 15.3. The van der Waals surface area contributed by atoms with Gasteiger partial charge in [0.05, 0.1) is 27.4 Å². The summed E-state index contributed by atoms with van der Waals surface area (Å²) in [5, 5.41) is 1.94. The highest BCUT2D eigenvalue weighted by molar-refractivity contribution is 6.09. The lowest BCUT2D eigenvalue weighted by Crippen LogP contribution is -2.38. The molecule has 0 bridgehead atoms. The van der Waals surface area contributed by atoms with Gasteiger partial charge in [0.1, 0.15) is 5.75 Å². The minimum absolute atomic E-state index is 0.320. The molecular formula is C49H42N4O4. The van der Waals surface area contributed by atoms with Crippen molar-refractivity contribution in [1.29, 1.82) is 0 Å². The van der Waals surface area contributed by atoms with Crippen LogP contribution in [0.15, 0.2) is 127 Å². The Labute approximate surface area is 332 Å². The third kappa shape index (κ3) is 5.58. The molecule has 0 amide bonds. The van der Waals surface area contributed by atoms with Gasteiger partial charge in [-0.15, -0.1) is 0 Å². The van der Waals surface area contributed by atoms with Crippen molar-refractivity contribution in [2.45, 2.75) is 24.9 Å². The maximum Gasteiger partial charge on any atom is 0.212 e. The van der Waals surface area contributed by atoms with Gasteiger partial charge in [0.2, 0.25) is 5.60 Å². The first-order chi connectivity index (χ1) is 27.9. The average Bonchev–Trinajstić information content (AvgIpc) is 3.53. The van der Waals surface area contributed by atoms with Crippen molar-refractivity contribution in [3.8, 4) is 51.2 Å². The van der Waals surface area contributed by atoms with E-state index in [2.05, 4.69) is 85.5 Å². The first-order valence-corrected chi connectivity index (χ1v) is 19.4. The highest BCUT2D eigenvalue weighted by Gasteiger charge is 2.46. The van der Waals surface area contributed by atoms with Gasteiger partial charge in [-0.1, -0.05) is 117 Å². The number of ether oxygens (including phenoxy) is 4. The summed E-state index contributed by atoms with van der Waals surface area (Å²) in [5.41, 5.74) is 8.10. The second-order valence-electron chi connectivity index (χ2n) is 15.3. The van der Waals surface area contributed by atoms with Crippen LogP contribution in [0.25, 0.3) is 50.8 Å². The van der Waals surface area contributed by atoms with Crippen LogP contribution in [0.5, 0.6) is 17.2 Å². The smallest absolute Gasteiger partial charge is 0.212 e. The summed E-state index contributed by atoms with van der Waals surface area (Å²) >= 11 is 0. The van der Waals surface area contributed by atoms with Gasteiger partial charge in [0.15, 0.2) is 29.0 Å². The van der Waals surface area contributed by atoms with Crippen LogP contribution < -0.4 is 19.1 Å². The fourth-order valence-electron chi connectivity index (χ4n) is 8.90. The number of aromatic nitrogens is 3. The van der Waals surface area contributed by atoms with Crippen LogP contribution in [0.4, 0.5) is 5.69 Å². The predicted molar refractivity (Wildman–Crippen MR) is 225 cm³/mol. The normalized spacial score (nSPS) is 17.7. The van der Waals surface area contributed by atoms with Gasteiger partial charge < -0.3 is 23.8 Å². The Balaban J connectivity index is 1.26. The molecule has 0 N–H and O–H groups in total. The molecule has 3 aliphatic rings. The van der Waals surface area contributed by atoms with Crippen LogP contribution in [0, 0.1) is 0 Å². The molecule has 8 heteroatoms. The maximum atomic E-state index is 7.69. The van der Waals surface area contributed by atoms with Gasteiger partial charge in [0.25, 0.3) is 0 Å². The zero-order valence-corrected chi connectivity index (χ0v) is 32.5. The van der Waals surface area contributed by atoms with E-state index in [9.17, 15) is 0 Å². The van der Waals surface area contributed by atoms with E-state index in [1.165, 1.54) is 22.3 Å². The molecule has 1 atom stereocenters. The highest BCUT2D eigenvalue weighted by atomic mass is 16.5. The summed E-state index contributed by atoms with van der Waals surface area (Å²) in [7, 11) is 3.35. The Morgan fingerprint density at radius 2 is 1.26 bits per heavy atom. The molecule has 3 heterocycles. The molecular weight excluding hydrogens is 709 g/mol. The van der Waals surface area contributed by atoms with Crippen LogP contribution in [0.1, 0.15) is 41.9 Å². The van der Waals surface area contributed by atoms with E-state index in [0.717, 1.165) is 57.6 Å². The number of hydrogen-bond donors (Lipinski definition) is 0. The van der Waals surface area contributed by atoms with Gasteiger partial charge in [0, 0.05) is 51.8 Å². The summed E-state index contributed by atoms with van der Waals surface area (Å²) in [5.74, 6) is 3.61. The van der Waals surface area contributed by atoms with Crippen molar-refractivity contribution in [3.63, 3.8) is 0 Å². The Morgan fingerprint density at radius 3 is 1.89 bits per heavy atom. The Hall–Kier alpha value is -6.51. The number of hydrogen-bond acceptors (Lipinski definition) is 8. The first-order valence-electron chi connectivity index (χ1n) is 19.4. The topological polar surface area (TPSA) is 78.8 Å². The van der Waals surface area contributed by atoms with Crippen molar-refractivity contribution >= 4 is 22.5 Å². The van der Waals surface area contributed by atoms with Crippen LogP contribution in [0.2, 0.25) is 0 Å². The molecule has 7 aromatic rings. The molecule has 1 aliphatic carbocycles. The van der Waals surface area contributed by atoms with E-state index >= 15 is 0 Å². The van der Waals surface area contributed by atoms with Gasteiger partial charge in [-0.3, -0.25) is 0 Å². The molecule has 0 saturated carbocycles. The number of fused-ring (bicyclic) bond motifs is 8. The fourth-order valence-corrected chi connectivity index (χ4v) is 8.90. The zero-order chi connectivity index (χ0) is 38.7. The largest absolute Gasteiger partial charge is 0.493 e. The first kappa shape index (κ1) is 34.9. The van der Waals surface area contributed by atoms with E-state index in [1.807, 2.05) is 66.7 Å². The zero-order valence-electron chi connectivity index (χ0n) is 32.5. The number of rotatable bonds is 7. The molecule has 57 heavy (non-hydrogen) atoms. The van der Waals surface area contributed by atoms with Gasteiger partial charge >= 0.3 is 0 Å². The summed E-state index contributed by atoms with van der Waals surface area (Å²) < 4.78 is 25.2. The molecule has 6 aromatic carbocycles. The van der Waals surface area contributed by atoms with E-state index in [4.69, 9.17) is 33.9 Å². The predicted octanol–water partition coefficient (Wildman–Crippen LogP) is 9.87. The molecule has 282 valence electrons. The molecule has 10 rings (SSSR count). The van der Waals surface area contributed by atoms with E-state index in [-0.39, 0.29) is 5.41 Å². The summed E-state index contributed by atoms with van der Waals surface area (Å²) in [6, 6.07) is 41.6. The molecule has 1 aromatic heterocycles. The van der Waals surface area contributed by atoms with Crippen LogP contribution in [-0.2, 0) is 15.8 Å². The lowest BCUT2D eigenvalue weighted by molar-refractivity contribution is 0.122. The molecule has 1 unspecified atom stereocenters.